The van der Waals surface area contributed by atoms with Gasteiger partial charge >= 0.3 is 0 Å². The molecule has 88 valence electrons. The van der Waals surface area contributed by atoms with Crippen molar-refractivity contribution in [3.8, 4) is 0 Å². The molecule has 3 nitrogen and oxygen atoms in total. The Morgan fingerprint density at radius 1 is 1.33 bits per heavy atom. The van der Waals surface area contributed by atoms with Crippen molar-refractivity contribution in [1.82, 2.24) is 5.32 Å². The van der Waals surface area contributed by atoms with Crippen LogP contribution in [-0.4, -0.2) is 23.2 Å². The minimum absolute atomic E-state index is 0.107. The molecule has 0 radical (unpaired) electrons. The molecule has 0 aromatic rings. The van der Waals surface area contributed by atoms with Crippen LogP contribution in [0.5, 0.6) is 0 Å². The molecule has 3 atom stereocenters. The van der Waals surface area contributed by atoms with Crippen molar-refractivity contribution < 1.29 is 9.90 Å². The summed E-state index contributed by atoms with van der Waals surface area (Å²) in [7, 11) is 0. The summed E-state index contributed by atoms with van der Waals surface area (Å²) in [6.07, 6.45) is 2.40. The molecule has 2 N–H and O–H groups in total. The van der Waals surface area contributed by atoms with Gasteiger partial charge in [0, 0.05) is 11.5 Å². The van der Waals surface area contributed by atoms with Crippen LogP contribution in [0.3, 0.4) is 0 Å². The topological polar surface area (TPSA) is 49.3 Å². The van der Waals surface area contributed by atoms with Gasteiger partial charge in [-0.3, -0.25) is 4.79 Å². The summed E-state index contributed by atoms with van der Waals surface area (Å²) < 4.78 is 0. The summed E-state index contributed by atoms with van der Waals surface area (Å²) >= 11 is 0. The normalized spacial score (nSPS) is 32.5. The summed E-state index contributed by atoms with van der Waals surface area (Å²) in [5, 5.41) is 12.6. The van der Waals surface area contributed by atoms with Crippen LogP contribution in [0.4, 0.5) is 0 Å². The summed E-state index contributed by atoms with van der Waals surface area (Å²) in [5.74, 6) is 0.403. The Bertz CT molecular complexity index is 232. The van der Waals surface area contributed by atoms with Gasteiger partial charge in [0.1, 0.15) is 0 Å². The van der Waals surface area contributed by atoms with E-state index in [1.54, 1.807) is 0 Å². The lowest BCUT2D eigenvalue weighted by molar-refractivity contribution is -0.129. The molecule has 0 aliphatic heterocycles. The molecule has 0 aromatic heterocycles. The van der Waals surface area contributed by atoms with Crippen LogP contribution in [0, 0.1) is 11.3 Å². The van der Waals surface area contributed by atoms with Gasteiger partial charge in [0.05, 0.1) is 6.10 Å². The van der Waals surface area contributed by atoms with Crippen molar-refractivity contribution in [2.75, 3.05) is 0 Å². The molecule has 0 unspecified atom stereocenters. The molecular formula is C12H23NO2. The first-order valence-corrected chi connectivity index (χ1v) is 5.79. The van der Waals surface area contributed by atoms with Crippen molar-refractivity contribution >= 4 is 5.91 Å². The van der Waals surface area contributed by atoms with E-state index in [1.165, 1.54) is 0 Å². The number of carbonyl (C=O) groups excluding carboxylic acids is 1. The highest BCUT2D eigenvalue weighted by molar-refractivity contribution is 5.81. The molecule has 1 rings (SSSR count). The zero-order chi connectivity index (χ0) is 11.6. The number of rotatable bonds is 1. The van der Waals surface area contributed by atoms with Crippen LogP contribution in [0.2, 0.25) is 0 Å². The van der Waals surface area contributed by atoms with Crippen molar-refractivity contribution in [3.63, 3.8) is 0 Å². The van der Waals surface area contributed by atoms with Crippen LogP contribution >= 0.6 is 0 Å². The van der Waals surface area contributed by atoms with Gasteiger partial charge in [-0.1, -0.05) is 27.7 Å². The first-order chi connectivity index (χ1) is 6.80. The average Bonchev–Trinajstić information content (AvgIpc) is 2.10. The Hall–Kier alpha value is -0.570. The van der Waals surface area contributed by atoms with E-state index in [0.29, 0.717) is 5.92 Å². The number of hydrogen-bond acceptors (Lipinski definition) is 2. The molecule has 0 aromatic carbocycles. The quantitative estimate of drug-likeness (QED) is 0.696. The minimum Gasteiger partial charge on any atom is -0.393 e. The lowest BCUT2D eigenvalue weighted by atomic mass is 9.84. The Labute approximate surface area is 92.3 Å². The maximum Gasteiger partial charge on any atom is 0.225 e. The third kappa shape index (κ3) is 3.49. The summed E-state index contributed by atoms with van der Waals surface area (Å²) in [6.45, 7) is 7.80. The molecular weight excluding hydrogens is 190 g/mol. The van der Waals surface area contributed by atoms with Crippen LogP contribution in [0.15, 0.2) is 0 Å². The fourth-order valence-corrected chi connectivity index (χ4v) is 1.91. The number of hydrogen-bond donors (Lipinski definition) is 2. The van der Waals surface area contributed by atoms with E-state index in [9.17, 15) is 9.90 Å². The molecule has 3 heteroatoms. The maximum absolute atomic E-state index is 11.7. The standard InChI is InChI=1S/C12H23NO2/c1-8-7-9(5-6-10(8)14)13-11(15)12(2,3)4/h8-10,14H,5-7H2,1-4H3,(H,13,15)/t8-,9-,10-/m0/s1. The largest absolute Gasteiger partial charge is 0.393 e. The lowest BCUT2D eigenvalue weighted by Gasteiger charge is -2.33. The molecule has 1 aliphatic carbocycles. The fraction of sp³-hybridized carbons (Fsp3) is 0.917. The first-order valence-electron chi connectivity index (χ1n) is 5.79. The Morgan fingerprint density at radius 3 is 2.40 bits per heavy atom. The number of amides is 1. The zero-order valence-corrected chi connectivity index (χ0v) is 10.2. The van der Waals surface area contributed by atoms with Gasteiger partial charge in [-0.25, -0.2) is 0 Å². The summed E-state index contributed by atoms with van der Waals surface area (Å²) in [6, 6.07) is 0.245. The number of aliphatic hydroxyl groups is 1. The predicted octanol–water partition coefficient (Wildman–Crippen LogP) is 1.70. The molecule has 0 spiro atoms. The molecule has 1 fully saturated rings. The van der Waals surface area contributed by atoms with E-state index in [0.717, 1.165) is 19.3 Å². The predicted molar refractivity (Wildman–Crippen MR) is 60.4 cm³/mol. The highest BCUT2D eigenvalue weighted by atomic mass is 16.3. The van der Waals surface area contributed by atoms with Gasteiger partial charge in [-0.15, -0.1) is 0 Å². The van der Waals surface area contributed by atoms with Gasteiger partial charge in [0.15, 0.2) is 0 Å². The molecule has 1 aliphatic rings. The second-order valence-electron chi connectivity index (χ2n) is 5.78. The second kappa shape index (κ2) is 4.52. The smallest absolute Gasteiger partial charge is 0.225 e. The Kier molecular flexibility index (Phi) is 3.77. The first kappa shape index (κ1) is 12.5. The van der Waals surface area contributed by atoms with Gasteiger partial charge in [0.25, 0.3) is 0 Å². The number of nitrogens with one attached hydrogen (secondary N) is 1. The van der Waals surface area contributed by atoms with Crippen molar-refractivity contribution in [1.29, 1.82) is 0 Å². The van der Waals surface area contributed by atoms with Gasteiger partial charge in [0.2, 0.25) is 5.91 Å². The van der Waals surface area contributed by atoms with Gasteiger partial charge in [-0.05, 0) is 25.2 Å². The third-order valence-corrected chi connectivity index (χ3v) is 3.14. The molecule has 0 saturated heterocycles. The highest BCUT2D eigenvalue weighted by Crippen LogP contribution is 2.25. The Morgan fingerprint density at radius 2 is 1.93 bits per heavy atom. The number of aliphatic hydroxyl groups excluding tert-OH is 1. The minimum atomic E-state index is -0.320. The van der Waals surface area contributed by atoms with Crippen molar-refractivity contribution in [2.45, 2.75) is 59.1 Å². The van der Waals surface area contributed by atoms with E-state index in [2.05, 4.69) is 5.32 Å². The van der Waals surface area contributed by atoms with E-state index in [1.807, 2.05) is 27.7 Å². The van der Waals surface area contributed by atoms with Crippen LogP contribution in [0.25, 0.3) is 0 Å². The maximum atomic E-state index is 11.7. The average molecular weight is 213 g/mol. The van der Waals surface area contributed by atoms with E-state index in [4.69, 9.17) is 0 Å². The highest BCUT2D eigenvalue weighted by Gasteiger charge is 2.29. The van der Waals surface area contributed by atoms with Crippen LogP contribution < -0.4 is 5.32 Å². The molecule has 0 heterocycles. The summed E-state index contributed by atoms with van der Waals surface area (Å²) in [5.41, 5.74) is -0.320. The second-order valence-corrected chi connectivity index (χ2v) is 5.78. The molecule has 1 amide bonds. The molecule has 0 bridgehead atoms. The summed E-state index contributed by atoms with van der Waals surface area (Å²) in [4.78, 5) is 11.7. The van der Waals surface area contributed by atoms with E-state index >= 15 is 0 Å². The van der Waals surface area contributed by atoms with Crippen LogP contribution in [0.1, 0.15) is 47.0 Å². The zero-order valence-electron chi connectivity index (χ0n) is 10.2. The SMILES string of the molecule is C[C@H]1C[C@@H](NC(=O)C(C)(C)C)CC[C@@H]1O. The third-order valence-electron chi connectivity index (χ3n) is 3.14. The van der Waals surface area contributed by atoms with Crippen molar-refractivity contribution in [2.24, 2.45) is 11.3 Å². The Balaban J connectivity index is 2.44. The number of carbonyl (C=O) groups is 1. The molecule has 15 heavy (non-hydrogen) atoms. The lowest BCUT2D eigenvalue weighted by Crippen LogP contribution is -2.45. The van der Waals surface area contributed by atoms with Crippen LogP contribution in [-0.2, 0) is 4.79 Å². The van der Waals surface area contributed by atoms with Gasteiger partial charge < -0.3 is 10.4 Å². The van der Waals surface area contributed by atoms with E-state index < -0.39 is 0 Å². The monoisotopic (exact) mass is 213 g/mol. The molecule has 1 saturated carbocycles. The van der Waals surface area contributed by atoms with Crippen molar-refractivity contribution in [3.05, 3.63) is 0 Å². The van der Waals surface area contributed by atoms with E-state index in [-0.39, 0.29) is 23.5 Å². The fourth-order valence-electron chi connectivity index (χ4n) is 1.91. The van der Waals surface area contributed by atoms with Gasteiger partial charge in [-0.2, -0.15) is 0 Å².